The molecule has 4 nitrogen and oxygen atoms in total. The van der Waals surface area contributed by atoms with Crippen molar-refractivity contribution >= 4 is 11.9 Å². The fourth-order valence-electron chi connectivity index (χ4n) is 0.673. The summed E-state index contributed by atoms with van der Waals surface area (Å²) >= 11 is 0. The van der Waals surface area contributed by atoms with E-state index in [-0.39, 0.29) is 19.1 Å². The summed E-state index contributed by atoms with van der Waals surface area (Å²) in [6.07, 6.45) is 1.09. The lowest BCUT2D eigenvalue weighted by atomic mass is 10.2. The molecule has 0 amide bonds. The topological polar surface area (TPSA) is 52.6 Å². The fraction of sp³-hybridized carbons (Fsp3) is 0.455. The first-order valence-electron chi connectivity index (χ1n) is 4.59. The second-order valence-corrected chi connectivity index (χ2v) is 3.32. The summed E-state index contributed by atoms with van der Waals surface area (Å²) in [5.74, 6) is -0.956. The summed E-state index contributed by atoms with van der Waals surface area (Å²) in [5, 5.41) is 0. The lowest BCUT2D eigenvalue weighted by Gasteiger charge is -2.11. The largest absolute Gasteiger partial charge is 0.462 e. The van der Waals surface area contributed by atoms with Crippen molar-refractivity contribution in [2.75, 3.05) is 13.2 Å². The molecule has 15 heavy (non-hydrogen) atoms. The van der Waals surface area contributed by atoms with Crippen LogP contribution in [0.2, 0.25) is 0 Å². The Bertz CT molecular complexity index is 268. The second-order valence-electron chi connectivity index (χ2n) is 3.32. The van der Waals surface area contributed by atoms with Gasteiger partial charge in [0.05, 0.1) is 13.2 Å². The molecule has 84 valence electrons. The van der Waals surface area contributed by atoms with Crippen LogP contribution in [-0.4, -0.2) is 25.2 Å². The van der Waals surface area contributed by atoms with Crippen molar-refractivity contribution < 1.29 is 19.1 Å². The molecule has 0 spiro atoms. The highest BCUT2D eigenvalue weighted by atomic mass is 16.5. The number of carbonyl (C=O) groups is 2. The van der Waals surface area contributed by atoms with Crippen LogP contribution in [0, 0.1) is 5.92 Å². The van der Waals surface area contributed by atoms with Crippen LogP contribution in [0.25, 0.3) is 0 Å². The van der Waals surface area contributed by atoms with Gasteiger partial charge in [-0.3, -0.25) is 0 Å². The van der Waals surface area contributed by atoms with Gasteiger partial charge >= 0.3 is 11.9 Å². The zero-order chi connectivity index (χ0) is 11.8. The summed E-state index contributed by atoms with van der Waals surface area (Å²) in [6.45, 7) is 10.5. The molecule has 0 saturated carbocycles. The average molecular weight is 212 g/mol. The molecule has 4 heteroatoms. The Balaban J connectivity index is 3.70. The molecule has 0 N–H and O–H groups in total. The number of esters is 2. The van der Waals surface area contributed by atoms with E-state index in [2.05, 4.69) is 13.2 Å². The Morgan fingerprint density at radius 3 is 2.33 bits per heavy atom. The van der Waals surface area contributed by atoms with Gasteiger partial charge in [0.1, 0.15) is 0 Å². The molecule has 1 atom stereocenters. The van der Waals surface area contributed by atoms with E-state index in [1.807, 2.05) is 6.92 Å². The Hall–Kier alpha value is -1.58. The summed E-state index contributed by atoms with van der Waals surface area (Å²) in [6, 6.07) is 0. The molecule has 0 rings (SSSR count). The van der Waals surface area contributed by atoms with Gasteiger partial charge in [0.25, 0.3) is 0 Å². The summed E-state index contributed by atoms with van der Waals surface area (Å²) < 4.78 is 9.65. The molecule has 0 fully saturated rings. The van der Waals surface area contributed by atoms with Crippen LogP contribution in [0.15, 0.2) is 24.8 Å². The second kappa shape index (κ2) is 6.81. The Morgan fingerprint density at radius 1 is 1.33 bits per heavy atom. The third-order valence-electron chi connectivity index (χ3n) is 1.52. The molecule has 0 heterocycles. The van der Waals surface area contributed by atoms with Gasteiger partial charge in [-0.15, -0.1) is 0 Å². The number of rotatable bonds is 6. The third kappa shape index (κ3) is 6.49. The van der Waals surface area contributed by atoms with E-state index in [1.54, 1.807) is 6.92 Å². The molecule has 0 aromatic carbocycles. The molecule has 0 aromatic heterocycles. The van der Waals surface area contributed by atoms with E-state index < -0.39 is 11.9 Å². The van der Waals surface area contributed by atoms with Crippen LogP contribution in [0.4, 0.5) is 0 Å². The van der Waals surface area contributed by atoms with Gasteiger partial charge in [0.2, 0.25) is 0 Å². The van der Waals surface area contributed by atoms with Gasteiger partial charge in [-0.2, -0.15) is 0 Å². The predicted octanol–water partition coefficient (Wildman–Crippen LogP) is 1.47. The van der Waals surface area contributed by atoms with Gasteiger partial charge < -0.3 is 9.47 Å². The number of hydrogen-bond acceptors (Lipinski definition) is 4. The average Bonchev–Trinajstić information content (AvgIpc) is 2.21. The third-order valence-corrected chi connectivity index (χ3v) is 1.52. The maximum atomic E-state index is 11.0. The standard InChI is InChI=1S/C11H16O4/c1-5-10(12)14-6-9(4)7-15-11(13)8(2)3/h5,9H,1-2,6-7H2,3-4H3. The van der Waals surface area contributed by atoms with Crippen LogP contribution in [0.5, 0.6) is 0 Å². The van der Waals surface area contributed by atoms with Crippen molar-refractivity contribution in [2.24, 2.45) is 5.92 Å². The van der Waals surface area contributed by atoms with Crippen LogP contribution in [0.1, 0.15) is 13.8 Å². The fourth-order valence-corrected chi connectivity index (χ4v) is 0.673. The molecule has 0 radical (unpaired) electrons. The minimum Gasteiger partial charge on any atom is -0.462 e. The monoisotopic (exact) mass is 212 g/mol. The smallest absolute Gasteiger partial charge is 0.333 e. The van der Waals surface area contributed by atoms with Crippen LogP contribution in [-0.2, 0) is 19.1 Å². The molecular weight excluding hydrogens is 196 g/mol. The van der Waals surface area contributed by atoms with E-state index >= 15 is 0 Å². The van der Waals surface area contributed by atoms with Crippen LogP contribution in [0.3, 0.4) is 0 Å². The first-order chi connectivity index (χ1) is 6.97. The summed E-state index contributed by atoms with van der Waals surface area (Å²) in [5.41, 5.74) is 0.352. The Kier molecular flexibility index (Phi) is 6.09. The van der Waals surface area contributed by atoms with Crippen molar-refractivity contribution in [3.05, 3.63) is 24.8 Å². The lowest BCUT2D eigenvalue weighted by molar-refractivity contribution is -0.143. The molecule has 0 aliphatic rings. The molecule has 1 unspecified atom stereocenters. The number of hydrogen-bond donors (Lipinski definition) is 0. The van der Waals surface area contributed by atoms with Gasteiger partial charge in [0, 0.05) is 17.6 Å². The van der Waals surface area contributed by atoms with Crippen molar-refractivity contribution in [3.63, 3.8) is 0 Å². The summed E-state index contributed by atoms with van der Waals surface area (Å²) in [4.78, 5) is 21.7. The maximum Gasteiger partial charge on any atom is 0.333 e. The number of carbonyl (C=O) groups excluding carboxylic acids is 2. The molecule has 0 bridgehead atoms. The minimum absolute atomic E-state index is 0.0443. The predicted molar refractivity (Wildman–Crippen MR) is 56.1 cm³/mol. The molecule has 0 aliphatic heterocycles. The first-order valence-corrected chi connectivity index (χ1v) is 4.59. The van der Waals surface area contributed by atoms with E-state index in [0.717, 1.165) is 6.08 Å². The highest BCUT2D eigenvalue weighted by molar-refractivity contribution is 5.86. The molecule has 0 aromatic rings. The number of ether oxygens (including phenoxy) is 2. The zero-order valence-corrected chi connectivity index (χ0v) is 9.12. The van der Waals surface area contributed by atoms with E-state index in [9.17, 15) is 9.59 Å². The highest BCUT2D eigenvalue weighted by Crippen LogP contribution is 2.00. The van der Waals surface area contributed by atoms with E-state index in [4.69, 9.17) is 9.47 Å². The molecule has 0 aliphatic carbocycles. The highest BCUT2D eigenvalue weighted by Gasteiger charge is 2.09. The minimum atomic E-state index is -0.479. The van der Waals surface area contributed by atoms with Gasteiger partial charge in [0.15, 0.2) is 0 Å². The van der Waals surface area contributed by atoms with Gasteiger partial charge in [-0.1, -0.05) is 20.1 Å². The summed E-state index contributed by atoms with van der Waals surface area (Å²) in [7, 11) is 0. The van der Waals surface area contributed by atoms with Gasteiger partial charge in [-0.05, 0) is 6.92 Å². The van der Waals surface area contributed by atoms with Crippen molar-refractivity contribution in [3.8, 4) is 0 Å². The van der Waals surface area contributed by atoms with E-state index in [1.165, 1.54) is 0 Å². The first kappa shape index (κ1) is 13.4. The van der Waals surface area contributed by atoms with Crippen LogP contribution >= 0.6 is 0 Å². The van der Waals surface area contributed by atoms with Crippen molar-refractivity contribution in [1.29, 1.82) is 0 Å². The van der Waals surface area contributed by atoms with Crippen LogP contribution < -0.4 is 0 Å². The van der Waals surface area contributed by atoms with E-state index in [0.29, 0.717) is 5.57 Å². The Labute approximate surface area is 89.6 Å². The normalized spacial score (nSPS) is 11.3. The zero-order valence-electron chi connectivity index (χ0n) is 9.12. The molecular formula is C11H16O4. The SMILES string of the molecule is C=CC(=O)OCC(C)COC(=O)C(=C)C. The van der Waals surface area contributed by atoms with Crippen molar-refractivity contribution in [1.82, 2.24) is 0 Å². The quantitative estimate of drug-likeness (QED) is 0.494. The maximum absolute atomic E-state index is 11.0. The Morgan fingerprint density at radius 2 is 1.87 bits per heavy atom. The van der Waals surface area contributed by atoms with Crippen molar-refractivity contribution in [2.45, 2.75) is 13.8 Å². The van der Waals surface area contributed by atoms with Gasteiger partial charge in [-0.25, -0.2) is 9.59 Å². The lowest BCUT2D eigenvalue weighted by Crippen LogP contribution is -2.18. The molecule has 0 saturated heterocycles.